The Labute approximate surface area is 118 Å². The molecule has 100 valence electrons. The van der Waals surface area contributed by atoms with Crippen molar-refractivity contribution in [3.8, 4) is 27.8 Å². The van der Waals surface area contributed by atoms with Crippen LogP contribution in [0.4, 0.5) is 0 Å². The number of hydrogen-bond donors (Lipinski definition) is 0. The zero-order chi connectivity index (χ0) is 13.9. The van der Waals surface area contributed by atoms with Gasteiger partial charge in [0.25, 0.3) is 0 Å². The molecule has 0 spiro atoms. The lowest BCUT2D eigenvalue weighted by atomic mass is 10.1. The van der Waals surface area contributed by atoms with Gasteiger partial charge in [0.15, 0.2) is 17.1 Å². The highest BCUT2D eigenvalue weighted by Gasteiger charge is 2.12. The monoisotopic (exact) mass is 286 g/mol. The molecule has 0 saturated carbocycles. The van der Waals surface area contributed by atoms with Crippen molar-refractivity contribution in [2.45, 2.75) is 0 Å². The number of hydrogen-bond acceptors (Lipinski definition) is 6. The summed E-state index contributed by atoms with van der Waals surface area (Å²) in [6.07, 6.45) is 0.709. The molecule has 0 aliphatic rings. The fourth-order valence-corrected chi connectivity index (χ4v) is 2.44. The lowest BCUT2D eigenvalue weighted by molar-refractivity contribution is 0.111. The van der Waals surface area contributed by atoms with Gasteiger partial charge in [-0.15, -0.1) is 11.3 Å². The van der Waals surface area contributed by atoms with Gasteiger partial charge in [0.05, 0.1) is 7.11 Å². The maximum absolute atomic E-state index is 10.6. The minimum absolute atomic E-state index is 0.396. The molecule has 3 rings (SSSR count). The maximum Gasteiger partial charge on any atom is 0.196 e. The van der Waals surface area contributed by atoms with E-state index in [1.165, 1.54) is 11.3 Å². The number of carbonyl (C=O) groups excluding carboxylic acids is 1. The third-order valence-electron chi connectivity index (χ3n) is 2.75. The Bertz CT molecular complexity index is 731. The van der Waals surface area contributed by atoms with Crippen LogP contribution in [0.2, 0.25) is 0 Å². The lowest BCUT2D eigenvalue weighted by Crippen LogP contribution is -1.82. The van der Waals surface area contributed by atoms with E-state index in [1.807, 2.05) is 24.3 Å². The van der Waals surface area contributed by atoms with E-state index >= 15 is 0 Å². The minimum Gasteiger partial charge on any atom is -0.497 e. The van der Waals surface area contributed by atoms with Crippen molar-refractivity contribution in [2.24, 2.45) is 0 Å². The number of nitrogens with zero attached hydrogens (tertiary/aromatic N) is 2. The summed E-state index contributed by atoms with van der Waals surface area (Å²) in [4.78, 5) is 14.8. The van der Waals surface area contributed by atoms with E-state index in [1.54, 1.807) is 18.6 Å². The Balaban J connectivity index is 1.90. The fourth-order valence-electron chi connectivity index (χ4n) is 1.73. The van der Waals surface area contributed by atoms with Crippen LogP contribution in [0.1, 0.15) is 10.5 Å². The van der Waals surface area contributed by atoms with Crippen molar-refractivity contribution in [1.82, 2.24) is 10.1 Å². The summed E-state index contributed by atoms with van der Waals surface area (Å²) >= 11 is 1.35. The molecule has 0 N–H and O–H groups in total. The van der Waals surface area contributed by atoms with Gasteiger partial charge in [0, 0.05) is 17.0 Å². The lowest BCUT2D eigenvalue weighted by Gasteiger charge is -1.99. The molecular weight excluding hydrogens is 276 g/mol. The maximum atomic E-state index is 10.6. The molecule has 0 aliphatic heterocycles. The number of aromatic nitrogens is 2. The van der Waals surface area contributed by atoms with Crippen LogP contribution in [-0.4, -0.2) is 23.5 Å². The molecular formula is C14H10N2O3S. The number of ether oxygens (including phenoxy) is 1. The number of aldehydes is 1. The summed E-state index contributed by atoms with van der Waals surface area (Å²) in [5.41, 5.74) is 2.03. The van der Waals surface area contributed by atoms with E-state index in [-0.39, 0.29) is 0 Å². The molecule has 6 heteroatoms. The van der Waals surface area contributed by atoms with Crippen molar-refractivity contribution < 1.29 is 14.1 Å². The van der Waals surface area contributed by atoms with E-state index in [9.17, 15) is 4.79 Å². The molecule has 0 fully saturated rings. The van der Waals surface area contributed by atoms with Gasteiger partial charge in [-0.25, -0.2) is 4.98 Å². The highest BCUT2D eigenvalue weighted by Crippen LogP contribution is 2.28. The number of benzene rings is 1. The summed E-state index contributed by atoms with van der Waals surface area (Å²) in [6.45, 7) is 0. The molecule has 1 aromatic carbocycles. The zero-order valence-corrected chi connectivity index (χ0v) is 11.4. The van der Waals surface area contributed by atoms with Crippen LogP contribution >= 0.6 is 11.3 Å². The Morgan fingerprint density at radius 1 is 1.30 bits per heavy atom. The van der Waals surface area contributed by atoms with Crippen molar-refractivity contribution in [3.63, 3.8) is 0 Å². The molecule has 20 heavy (non-hydrogen) atoms. The number of thiazole rings is 1. The minimum atomic E-state index is 0.396. The first kappa shape index (κ1) is 12.6. The molecule has 2 heterocycles. The first-order valence-electron chi connectivity index (χ1n) is 5.82. The zero-order valence-electron chi connectivity index (χ0n) is 10.6. The SMILES string of the molecule is COc1ccc(-c2cc(-c3nc(C=O)cs3)on2)cc1. The van der Waals surface area contributed by atoms with Crippen molar-refractivity contribution in [3.05, 3.63) is 41.4 Å². The average Bonchev–Trinajstić information content (AvgIpc) is 3.16. The molecule has 0 unspecified atom stereocenters. The second-order valence-electron chi connectivity index (χ2n) is 4.00. The highest BCUT2D eigenvalue weighted by molar-refractivity contribution is 7.13. The van der Waals surface area contributed by atoms with Crippen LogP contribution < -0.4 is 4.74 Å². The van der Waals surface area contributed by atoms with E-state index < -0.39 is 0 Å². The summed E-state index contributed by atoms with van der Waals surface area (Å²) in [7, 11) is 1.62. The van der Waals surface area contributed by atoms with E-state index in [4.69, 9.17) is 9.26 Å². The smallest absolute Gasteiger partial charge is 0.196 e. The van der Waals surface area contributed by atoms with Crippen LogP contribution in [0, 0.1) is 0 Å². The van der Waals surface area contributed by atoms with Gasteiger partial charge < -0.3 is 9.26 Å². The Hall–Kier alpha value is -2.47. The number of rotatable bonds is 4. The molecule has 0 aliphatic carbocycles. The molecule has 5 nitrogen and oxygen atoms in total. The van der Waals surface area contributed by atoms with Crippen LogP contribution in [0.5, 0.6) is 5.75 Å². The number of carbonyl (C=O) groups is 1. The predicted octanol–water partition coefficient (Wildman–Crippen LogP) is 3.29. The standard InChI is InChI=1S/C14H10N2O3S/c1-18-11-4-2-9(3-5-11)12-6-13(19-16-12)14-15-10(7-17)8-20-14/h2-8H,1H3. The molecule has 0 bridgehead atoms. The van der Waals surface area contributed by atoms with Crippen molar-refractivity contribution >= 4 is 17.6 Å². The summed E-state index contributed by atoms with van der Waals surface area (Å²) in [6, 6.07) is 9.32. The third kappa shape index (κ3) is 2.33. The number of methoxy groups -OCH3 is 1. The topological polar surface area (TPSA) is 65.2 Å². The van der Waals surface area contributed by atoms with Gasteiger partial charge in [0.2, 0.25) is 0 Å². The normalized spacial score (nSPS) is 10.4. The van der Waals surface area contributed by atoms with Crippen molar-refractivity contribution in [2.75, 3.05) is 7.11 Å². The fraction of sp³-hybridized carbons (Fsp3) is 0.0714. The second-order valence-corrected chi connectivity index (χ2v) is 4.86. The van der Waals surface area contributed by atoms with E-state index in [0.717, 1.165) is 11.3 Å². The Kier molecular flexibility index (Phi) is 3.30. The first-order chi connectivity index (χ1) is 9.80. The highest BCUT2D eigenvalue weighted by atomic mass is 32.1. The van der Waals surface area contributed by atoms with Gasteiger partial charge in [0.1, 0.15) is 17.1 Å². The van der Waals surface area contributed by atoms with Crippen molar-refractivity contribution in [1.29, 1.82) is 0 Å². The van der Waals surface area contributed by atoms with E-state index in [2.05, 4.69) is 10.1 Å². The molecule has 0 saturated heterocycles. The van der Waals surface area contributed by atoms with Crippen LogP contribution in [0.15, 0.2) is 40.2 Å². The first-order valence-corrected chi connectivity index (χ1v) is 6.70. The molecule has 0 amide bonds. The summed E-state index contributed by atoms with van der Waals surface area (Å²) < 4.78 is 10.4. The average molecular weight is 286 g/mol. The molecule has 3 aromatic rings. The van der Waals surface area contributed by atoms with Crippen LogP contribution in [0.3, 0.4) is 0 Å². The predicted molar refractivity (Wildman–Crippen MR) is 75.0 cm³/mol. The molecule has 2 aromatic heterocycles. The quantitative estimate of drug-likeness (QED) is 0.688. The Morgan fingerprint density at radius 2 is 2.10 bits per heavy atom. The summed E-state index contributed by atoms with van der Waals surface area (Å²) in [5, 5.41) is 6.33. The van der Waals surface area contributed by atoms with Gasteiger partial charge in [-0.05, 0) is 24.3 Å². The van der Waals surface area contributed by atoms with Gasteiger partial charge in [-0.3, -0.25) is 4.79 Å². The van der Waals surface area contributed by atoms with E-state index in [0.29, 0.717) is 28.4 Å². The Morgan fingerprint density at radius 3 is 2.75 bits per heavy atom. The molecule has 0 atom stereocenters. The van der Waals surface area contributed by atoms with Gasteiger partial charge in [-0.2, -0.15) is 0 Å². The molecule has 0 radical (unpaired) electrons. The van der Waals surface area contributed by atoms with Crippen LogP contribution in [-0.2, 0) is 0 Å². The van der Waals surface area contributed by atoms with Crippen LogP contribution in [0.25, 0.3) is 22.0 Å². The van der Waals surface area contributed by atoms with Gasteiger partial charge >= 0.3 is 0 Å². The largest absolute Gasteiger partial charge is 0.497 e. The second kappa shape index (κ2) is 5.26. The third-order valence-corrected chi connectivity index (χ3v) is 3.62. The summed E-state index contributed by atoms with van der Waals surface area (Å²) in [5.74, 6) is 1.34. The van der Waals surface area contributed by atoms with Gasteiger partial charge in [-0.1, -0.05) is 5.16 Å².